The molecule has 0 unspecified atom stereocenters. The summed E-state index contributed by atoms with van der Waals surface area (Å²) in [7, 11) is 0. The lowest BCUT2D eigenvalue weighted by atomic mass is 9.85. The van der Waals surface area contributed by atoms with E-state index in [0.29, 0.717) is 41.4 Å². The van der Waals surface area contributed by atoms with Crippen LogP contribution in [0.3, 0.4) is 0 Å². The lowest BCUT2D eigenvalue weighted by Gasteiger charge is -2.32. The second-order valence-corrected chi connectivity index (χ2v) is 13.0. The molecule has 7 rings (SSSR count). The van der Waals surface area contributed by atoms with Crippen molar-refractivity contribution >= 4 is 17.5 Å². The number of hydrogen-bond acceptors (Lipinski definition) is 6. The number of phenols is 1. The summed E-state index contributed by atoms with van der Waals surface area (Å²) in [6.07, 6.45) is 3.02. The van der Waals surface area contributed by atoms with E-state index in [0.717, 1.165) is 28.1 Å². The number of amides is 2. The van der Waals surface area contributed by atoms with Crippen molar-refractivity contribution in [1.29, 1.82) is 0 Å². The highest BCUT2D eigenvalue weighted by atomic mass is 16.5. The second kappa shape index (κ2) is 11.9. The maximum Gasteiger partial charge on any atom is 0.320 e. The van der Waals surface area contributed by atoms with Crippen molar-refractivity contribution in [2.75, 3.05) is 5.32 Å². The molecule has 0 saturated carbocycles. The number of pyridine rings is 1. The maximum atomic E-state index is 13.5. The topological polar surface area (TPSA) is 119 Å². The number of aryl methyl sites for hydroxylation is 1. The van der Waals surface area contributed by atoms with E-state index in [1.165, 1.54) is 0 Å². The Kier molecular flexibility index (Phi) is 7.63. The molecular formula is C37H37N7O3. The van der Waals surface area contributed by atoms with Crippen molar-refractivity contribution < 1.29 is 14.6 Å². The third-order valence-corrected chi connectivity index (χ3v) is 8.54. The quantitative estimate of drug-likeness (QED) is 0.174. The van der Waals surface area contributed by atoms with Gasteiger partial charge in [0.15, 0.2) is 11.5 Å². The molecule has 6 aromatic rings. The summed E-state index contributed by atoms with van der Waals surface area (Å²) in [5, 5.41) is 30.1. The van der Waals surface area contributed by atoms with Gasteiger partial charge in [-0.1, -0.05) is 74.9 Å². The standard InChI is InChI=1S/C37H37N7O3/c1-23-13-15-24(16-14-23)44-34(21-32(42-44)37(2,3)4)39-36(46)38-29-18-19-31(27-10-6-5-9-26(27)29)47-25-17-20-33-40-41-35(43(33)22-25)28-11-7-8-12-30(28)45/h5-17,20-22,29,31,45H,18-19H2,1-4H3,(H2,38,39,46)/t29-,31+/m0/s1. The smallest absolute Gasteiger partial charge is 0.320 e. The molecule has 3 heterocycles. The Labute approximate surface area is 273 Å². The minimum Gasteiger partial charge on any atom is -0.507 e. The van der Waals surface area contributed by atoms with E-state index in [-0.39, 0.29) is 29.3 Å². The predicted molar refractivity (Wildman–Crippen MR) is 181 cm³/mol. The van der Waals surface area contributed by atoms with E-state index in [4.69, 9.17) is 9.84 Å². The summed E-state index contributed by atoms with van der Waals surface area (Å²) in [4.78, 5) is 13.5. The van der Waals surface area contributed by atoms with Gasteiger partial charge in [0, 0.05) is 11.5 Å². The fraction of sp³-hybridized carbons (Fsp3) is 0.243. The third kappa shape index (κ3) is 6.02. The molecule has 10 heteroatoms. The Balaban J connectivity index is 1.10. The fourth-order valence-electron chi connectivity index (χ4n) is 6.00. The van der Waals surface area contributed by atoms with Crippen LogP contribution in [0.4, 0.5) is 10.6 Å². The van der Waals surface area contributed by atoms with Crippen molar-refractivity contribution in [3.63, 3.8) is 0 Å². The van der Waals surface area contributed by atoms with Gasteiger partial charge in [0.05, 0.1) is 29.2 Å². The average Bonchev–Trinajstić information content (AvgIpc) is 3.67. The van der Waals surface area contributed by atoms with Gasteiger partial charge < -0.3 is 15.2 Å². The van der Waals surface area contributed by atoms with Crippen LogP contribution in [0.2, 0.25) is 0 Å². The average molecular weight is 628 g/mol. The molecule has 10 nitrogen and oxygen atoms in total. The van der Waals surface area contributed by atoms with Crippen LogP contribution in [0.25, 0.3) is 22.7 Å². The van der Waals surface area contributed by atoms with Crippen LogP contribution in [0.1, 0.15) is 68.1 Å². The lowest BCUT2D eigenvalue weighted by molar-refractivity contribution is 0.171. The van der Waals surface area contributed by atoms with Gasteiger partial charge in [-0.15, -0.1) is 10.2 Å². The summed E-state index contributed by atoms with van der Waals surface area (Å²) in [6, 6.07) is 28.4. The Morgan fingerprint density at radius 3 is 2.43 bits per heavy atom. The van der Waals surface area contributed by atoms with Crippen LogP contribution >= 0.6 is 0 Å². The fourth-order valence-corrected chi connectivity index (χ4v) is 6.00. The van der Waals surface area contributed by atoms with Gasteiger partial charge in [-0.05, 0) is 67.3 Å². The van der Waals surface area contributed by atoms with Crippen LogP contribution in [0.5, 0.6) is 11.5 Å². The monoisotopic (exact) mass is 627 g/mol. The highest BCUT2D eigenvalue weighted by Crippen LogP contribution is 2.39. The Bertz CT molecular complexity index is 2070. The normalized spacial score (nSPS) is 16.1. The van der Waals surface area contributed by atoms with Crippen molar-refractivity contribution in [2.45, 2.75) is 58.1 Å². The Morgan fingerprint density at radius 1 is 0.915 bits per heavy atom. The van der Waals surface area contributed by atoms with Gasteiger partial charge in [-0.3, -0.25) is 9.72 Å². The summed E-state index contributed by atoms with van der Waals surface area (Å²) >= 11 is 0. The minimum atomic E-state index is -0.298. The molecule has 0 bridgehead atoms. The molecule has 3 aromatic heterocycles. The minimum absolute atomic E-state index is 0.131. The first kappa shape index (κ1) is 30.0. The number of hydrogen-bond donors (Lipinski definition) is 3. The number of para-hydroxylation sites is 1. The van der Waals surface area contributed by atoms with Gasteiger partial charge in [-0.2, -0.15) is 5.10 Å². The largest absolute Gasteiger partial charge is 0.507 e. The van der Waals surface area contributed by atoms with E-state index in [9.17, 15) is 9.90 Å². The lowest BCUT2D eigenvalue weighted by Crippen LogP contribution is -2.36. The molecule has 1 aliphatic rings. The molecule has 3 aromatic carbocycles. The van der Waals surface area contributed by atoms with Crippen molar-refractivity contribution in [3.05, 3.63) is 120 Å². The maximum absolute atomic E-state index is 13.5. The number of benzene rings is 3. The third-order valence-electron chi connectivity index (χ3n) is 8.54. The first-order valence-corrected chi connectivity index (χ1v) is 15.8. The second-order valence-electron chi connectivity index (χ2n) is 13.0. The SMILES string of the molecule is Cc1ccc(-n2nc(C(C)(C)C)cc2NC(=O)N[C@H]2CC[C@@H](Oc3ccc4nnc(-c5ccccc5O)n4c3)c3ccccc32)cc1. The molecular weight excluding hydrogens is 590 g/mol. The van der Waals surface area contributed by atoms with Gasteiger partial charge in [0.2, 0.25) is 0 Å². The number of urea groups is 1. The zero-order valence-electron chi connectivity index (χ0n) is 26.8. The summed E-state index contributed by atoms with van der Waals surface area (Å²) in [5.74, 6) is 1.92. The van der Waals surface area contributed by atoms with E-state index >= 15 is 0 Å². The zero-order chi connectivity index (χ0) is 32.7. The molecule has 0 aliphatic heterocycles. The number of carbonyl (C=O) groups excluding carboxylic acids is 1. The summed E-state index contributed by atoms with van der Waals surface area (Å²) in [6.45, 7) is 8.36. The predicted octanol–water partition coefficient (Wildman–Crippen LogP) is 7.67. The molecule has 2 amide bonds. The molecule has 1 aliphatic carbocycles. The first-order chi connectivity index (χ1) is 22.6. The van der Waals surface area contributed by atoms with Gasteiger partial charge in [0.1, 0.15) is 23.4 Å². The molecule has 2 atom stereocenters. The zero-order valence-corrected chi connectivity index (χ0v) is 26.8. The van der Waals surface area contributed by atoms with E-state index in [2.05, 4.69) is 47.7 Å². The van der Waals surface area contributed by atoms with Gasteiger partial charge >= 0.3 is 6.03 Å². The molecule has 47 heavy (non-hydrogen) atoms. The highest BCUT2D eigenvalue weighted by Gasteiger charge is 2.30. The molecule has 0 spiro atoms. The number of carbonyl (C=O) groups is 1. The molecule has 0 fully saturated rings. The van der Waals surface area contributed by atoms with Crippen LogP contribution < -0.4 is 15.4 Å². The number of nitrogens with one attached hydrogen (secondary N) is 2. The number of anilines is 1. The molecule has 0 radical (unpaired) electrons. The van der Waals surface area contributed by atoms with E-state index < -0.39 is 0 Å². The first-order valence-electron chi connectivity index (χ1n) is 15.8. The number of aromatic hydroxyl groups is 1. The van der Waals surface area contributed by atoms with Crippen LogP contribution in [0, 0.1) is 6.92 Å². The number of nitrogens with zero attached hydrogens (tertiary/aromatic N) is 5. The van der Waals surface area contributed by atoms with Crippen LogP contribution in [0.15, 0.2) is 97.2 Å². The summed E-state index contributed by atoms with van der Waals surface area (Å²) < 4.78 is 10.2. The number of phenolic OH excluding ortho intramolecular Hbond substituents is 1. The van der Waals surface area contributed by atoms with E-state index in [1.807, 2.05) is 84.3 Å². The van der Waals surface area contributed by atoms with Crippen molar-refractivity contribution in [3.8, 4) is 28.6 Å². The van der Waals surface area contributed by atoms with Crippen molar-refractivity contribution in [1.82, 2.24) is 29.7 Å². The Morgan fingerprint density at radius 2 is 1.66 bits per heavy atom. The molecule has 238 valence electrons. The van der Waals surface area contributed by atoms with Crippen LogP contribution in [-0.2, 0) is 5.41 Å². The summed E-state index contributed by atoms with van der Waals surface area (Å²) in [5.41, 5.74) is 5.99. The number of ether oxygens (including phenoxy) is 1. The number of rotatable bonds is 6. The van der Waals surface area contributed by atoms with Gasteiger partial charge in [-0.25, -0.2) is 9.48 Å². The number of aromatic nitrogens is 5. The van der Waals surface area contributed by atoms with Crippen LogP contribution in [-0.4, -0.2) is 35.5 Å². The Hall–Kier alpha value is -5.64. The highest BCUT2D eigenvalue weighted by molar-refractivity contribution is 5.89. The molecule has 0 saturated heterocycles. The van der Waals surface area contributed by atoms with Crippen molar-refractivity contribution in [2.24, 2.45) is 0 Å². The van der Waals surface area contributed by atoms with E-state index in [1.54, 1.807) is 22.9 Å². The number of fused-ring (bicyclic) bond motifs is 2. The van der Waals surface area contributed by atoms with Gasteiger partial charge in [0.25, 0.3) is 0 Å². The molecule has 3 N–H and O–H groups in total.